The van der Waals surface area contributed by atoms with E-state index in [2.05, 4.69) is 33.4 Å². The monoisotopic (exact) mass is 303 g/mol. The molecule has 2 N–H and O–H groups in total. The molecule has 0 aliphatic carbocycles. The van der Waals surface area contributed by atoms with Crippen molar-refractivity contribution in [2.75, 3.05) is 7.05 Å². The molecule has 0 radical (unpaired) electrons. The number of hydrogen-bond donors (Lipinski definition) is 2. The first-order chi connectivity index (χ1) is 7.54. The number of hydrogen-bond acceptors (Lipinski definition) is 3. The van der Waals surface area contributed by atoms with Gasteiger partial charge in [-0.15, -0.1) is 11.8 Å². The van der Waals surface area contributed by atoms with Crippen molar-refractivity contribution in [2.45, 2.75) is 36.6 Å². The lowest BCUT2D eigenvalue weighted by Crippen LogP contribution is -2.15. The molecule has 4 heteroatoms. The van der Waals surface area contributed by atoms with Crippen molar-refractivity contribution in [3.8, 4) is 0 Å². The zero-order chi connectivity index (χ0) is 12.1. The van der Waals surface area contributed by atoms with Crippen LogP contribution < -0.4 is 5.32 Å². The molecule has 1 aromatic carbocycles. The fourth-order valence-electron chi connectivity index (χ4n) is 1.27. The van der Waals surface area contributed by atoms with E-state index in [-0.39, 0.29) is 11.4 Å². The molecule has 90 valence electrons. The summed E-state index contributed by atoms with van der Waals surface area (Å²) >= 11 is 5.19. The van der Waals surface area contributed by atoms with Crippen LogP contribution in [0.2, 0.25) is 0 Å². The van der Waals surface area contributed by atoms with Crippen LogP contribution in [-0.4, -0.2) is 23.5 Å². The predicted octanol–water partition coefficient (Wildman–Crippen LogP) is 3.03. The molecule has 0 saturated carbocycles. The Morgan fingerprint density at radius 3 is 2.69 bits per heavy atom. The minimum absolute atomic E-state index is 0.199. The Bertz CT molecular complexity index is 344. The topological polar surface area (TPSA) is 32.3 Å². The maximum atomic E-state index is 9.52. The van der Waals surface area contributed by atoms with E-state index in [4.69, 9.17) is 0 Å². The van der Waals surface area contributed by atoms with Crippen molar-refractivity contribution >= 4 is 27.7 Å². The standard InChI is InChI=1S/C12H18BrNOS/c1-8(15)9(2)16-12-6-11(13)5-4-10(12)7-14-3/h4-6,8-9,14-15H,7H2,1-3H3. The first-order valence-corrected chi connectivity index (χ1v) is 6.99. The molecule has 0 bridgehead atoms. The summed E-state index contributed by atoms with van der Waals surface area (Å²) in [6.45, 7) is 4.72. The zero-order valence-electron chi connectivity index (χ0n) is 9.83. The highest BCUT2D eigenvalue weighted by atomic mass is 79.9. The zero-order valence-corrected chi connectivity index (χ0v) is 12.2. The minimum atomic E-state index is -0.300. The average Bonchev–Trinajstić information content (AvgIpc) is 2.22. The highest BCUT2D eigenvalue weighted by Gasteiger charge is 2.13. The molecule has 16 heavy (non-hydrogen) atoms. The lowest BCUT2D eigenvalue weighted by molar-refractivity contribution is 0.196. The summed E-state index contributed by atoms with van der Waals surface area (Å²) in [6, 6.07) is 6.26. The second-order valence-corrected chi connectivity index (χ2v) is 6.18. The van der Waals surface area contributed by atoms with Gasteiger partial charge in [-0.05, 0) is 31.7 Å². The molecule has 0 fully saturated rings. The van der Waals surface area contributed by atoms with Crippen molar-refractivity contribution in [2.24, 2.45) is 0 Å². The van der Waals surface area contributed by atoms with Crippen LogP contribution >= 0.6 is 27.7 Å². The molecule has 2 unspecified atom stereocenters. The first kappa shape index (κ1) is 14.0. The first-order valence-electron chi connectivity index (χ1n) is 5.32. The van der Waals surface area contributed by atoms with Gasteiger partial charge in [0.1, 0.15) is 0 Å². The van der Waals surface area contributed by atoms with Crippen LogP contribution in [0.5, 0.6) is 0 Å². The molecule has 0 aliphatic heterocycles. The number of aliphatic hydroxyl groups excluding tert-OH is 1. The molecule has 2 nitrogen and oxygen atoms in total. The van der Waals surface area contributed by atoms with E-state index in [1.54, 1.807) is 11.8 Å². The van der Waals surface area contributed by atoms with E-state index in [1.165, 1.54) is 10.5 Å². The van der Waals surface area contributed by atoms with Gasteiger partial charge in [0, 0.05) is 21.2 Å². The van der Waals surface area contributed by atoms with E-state index in [0.717, 1.165) is 11.0 Å². The third-order valence-corrected chi connectivity index (χ3v) is 4.28. The molecule has 1 rings (SSSR count). The summed E-state index contributed by atoms with van der Waals surface area (Å²) < 4.78 is 1.08. The van der Waals surface area contributed by atoms with Crippen molar-refractivity contribution < 1.29 is 5.11 Å². The number of thioether (sulfide) groups is 1. The molecule has 0 amide bonds. The fourth-order valence-corrected chi connectivity index (χ4v) is 2.87. The number of benzene rings is 1. The SMILES string of the molecule is CNCc1ccc(Br)cc1SC(C)C(C)O. The Labute approximate surface area is 110 Å². The van der Waals surface area contributed by atoms with Crippen molar-refractivity contribution in [1.82, 2.24) is 5.32 Å². The van der Waals surface area contributed by atoms with E-state index in [1.807, 2.05) is 27.0 Å². The van der Waals surface area contributed by atoms with Crippen LogP contribution in [0.4, 0.5) is 0 Å². The number of rotatable bonds is 5. The van der Waals surface area contributed by atoms with Crippen LogP contribution in [0.25, 0.3) is 0 Å². The molecular formula is C12H18BrNOS. The molecule has 0 aliphatic rings. The largest absolute Gasteiger partial charge is 0.392 e. The summed E-state index contributed by atoms with van der Waals surface area (Å²) in [6.07, 6.45) is -0.300. The average molecular weight is 304 g/mol. The van der Waals surface area contributed by atoms with Crippen molar-refractivity contribution in [3.63, 3.8) is 0 Å². The second-order valence-electron chi connectivity index (χ2n) is 3.85. The molecular weight excluding hydrogens is 286 g/mol. The number of aliphatic hydroxyl groups is 1. The summed E-state index contributed by atoms with van der Waals surface area (Å²) in [4.78, 5) is 1.22. The summed E-state index contributed by atoms with van der Waals surface area (Å²) in [5.74, 6) is 0. The molecule has 0 spiro atoms. The third kappa shape index (κ3) is 4.09. The minimum Gasteiger partial charge on any atom is -0.392 e. The third-order valence-electron chi connectivity index (χ3n) is 2.39. The van der Waals surface area contributed by atoms with Gasteiger partial charge in [0.15, 0.2) is 0 Å². The quantitative estimate of drug-likeness (QED) is 0.820. The van der Waals surface area contributed by atoms with Crippen LogP contribution in [-0.2, 0) is 6.54 Å². The Hall–Kier alpha value is -0.0300. The van der Waals surface area contributed by atoms with Crippen LogP contribution in [0.15, 0.2) is 27.6 Å². The highest BCUT2D eigenvalue weighted by molar-refractivity contribution is 9.10. The second kappa shape index (κ2) is 6.64. The van der Waals surface area contributed by atoms with Gasteiger partial charge in [-0.1, -0.05) is 28.9 Å². The Morgan fingerprint density at radius 2 is 2.12 bits per heavy atom. The molecule has 0 saturated heterocycles. The van der Waals surface area contributed by atoms with Gasteiger partial charge in [-0.25, -0.2) is 0 Å². The summed E-state index contributed by atoms with van der Waals surface area (Å²) in [5, 5.41) is 12.9. The maximum absolute atomic E-state index is 9.52. The van der Waals surface area contributed by atoms with E-state index in [0.29, 0.717) is 0 Å². The lowest BCUT2D eigenvalue weighted by atomic mass is 10.2. The Balaban J connectivity index is 2.87. The van der Waals surface area contributed by atoms with Crippen LogP contribution in [0.3, 0.4) is 0 Å². The fraction of sp³-hybridized carbons (Fsp3) is 0.500. The number of nitrogens with one attached hydrogen (secondary N) is 1. The molecule has 0 heterocycles. The van der Waals surface area contributed by atoms with Crippen LogP contribution in [0.1, 0.15) is 19.4 Å². The highest BCUT2D eigenvalue weighted by Crippen LogP contribution is 2.30. The van der Waals surface area contributed by atoms with Gasteiger partial charge in [0.25, 0.3) is 0 Å². The van der Waals surface area contributed by atoms with E-state index < -0.39 is 0 Å². The van der Waals surface area contributed by atoms with Crippen molar-refractivity contribution in [1.29, 1.82) is 0 Å². The predicted molar refractivity (Wildman–Crippen MR) is 73.9 cm³/mol. The van der Waals surface area contributed by atoms with Gasteiger partial charge in [0.05, 0.1) is 6.10 Å². The van der Waals surface area contributed by atoms with Gasteiger partial charge in [-0.2, -0.15) is 0 Å². The normalized spacial score (nSPS) is 14.8. The van der Waals surface area contributed by atoms with Gasteiger partial charge >= 0.3 is 0 Å². The van der Waals surface area contributed by atoms with Crippen LogP contribution in [0, 0.1) is 0 Å². The Kier molecular flexibility index (Phi) is 5.83. The molecule has 0 aromatic heterocycles. The molecule has 1 aromatic rings. The van der Waals surface area contributed by atoms with E-state index >= 15 is 0 Å². The van der Waals surface area contributed by atoms with Crippen molar-refractivity contribution in [3.05, 3.63) is 28.2 Å². The van der Waals surface area contributed by atoms with E-state index in [9.17, 15) is 5.11 Å². The smallest absolute Gasteiger partial charge is 0.0631 e. The lowest BCUT2D eigenvalue weighted by Gasteiger charge is -2.17. The van der Waals surface area contributed by atoms with Gasteiger partial charge in [0.2, 0.25) is 0 Å². The molecule has 2 atom stereocenters. The maximum Gasteiger partial charge on any atom is 0.0631 e. The summed E-state index contributed by atoms with van der Waals surface area (Å²) in [5.41, 5.74) is 1.27. The Morgan fingerprint density at radius 1 is 1.44 bits per heavy atom. The summed E-state index contributed by atoms with van der Waals surface area (Å²) in [7, 11) is 1.94. The van der Waals surface area contributed by atoms with Gasteiger partial charge < -0.3 is 10.4 Å². The number of halogens is 1. The van der Waals surface area contributed by atoms with Gasteiger partial charge in [-0.3, -0.25) is 0 Å².